The molecule has 1 saturated heterocycles. The summed E-state index contributed by atoms with van der Waals surface area (Å²) in [5, 5.41) is 14.0. The number of likely N-dealkylation sites (tertiary alicyclic amines) is 1. The van der Waals surface area contributed by atoms with Crippen LogP contribution in [0.1, 0.15) is 43.5 Å². The highest BCUT2D eigenvalue weighted by Gasteiger charge is 2.19. The van der Waals surface area contributed by atoms with Gasteiger partial charge in [-0.2, -0.15) is 0 Å². The van der Waals surface area contributed by atoms with Gasteiger partial charge in [0.25, 0.3) is 5.91 Å². The van der Waals surface area contributed by atoms with Crippen molar-refractivity contribution in [2.75, 3.05) is 26.2 Å². The number of carbonyl (C=O) groups excluding carboxylic acids is 2. The lowest BCUT2D eigenvalue weighted by molar-refractivity contribution is 0.0724. The van der Waals surface area contributed by atoms with E-state index in [9.17, 15) is 9.59 Å². The van der Waals surface area contributed by atoms with E-state index in [-0.39, 0.29) is 11.9 Å². The predicted octanol–water partition coefficient (Wildman–Crippen LogP) is 2.01. The summed E-state index contributed by atoms with van der Waals surface area (Å²) in [6.45, 7) is 7.37. The number of benzene rings is 1. The van der Waals surface area contributed by atoms with Gasteiger partial charge in [0.15, 0.2) is 0 Å². The number of carbonyl (C=O) groups is 2. The van der Waals surface area contributed by atoms with Crippen molar-refractivity contribution in [2.45, 2.75) is 39.7 Å². The van der Waals surface area contributed by atoms with Crippen molar-refractivity contribution in [3.05, 3.63) is 23.8 Å². The number of nitrogens with one attached hydrogen (secondary N) is 2. The van der Waals surface area contributed by atoms with E-state index in [1.54, 1.807) is 10.7 Å². The summed E-state index contributed by atoms with van der Waals surface area (Å²) in [5.41, 5.74) is 2.21. The van der Waals surface area contributed by atoms with Crippen molar-refractivity contribution in [1.29, 1.82) is 0 Å². The Bertz CT molecular complexity index is 795. The summed E-state index contributed by atoms with van der Waals surface area (Å²) < 4.78 is 1.74. The third-order valence-corrected chi connectivity index (χ3v) is 4.68. The molecule has 0 spiro atoms. The third kappa shape index (κ3) is 4.96. The van der Waals surface area contributed by atoms with Crippen molar-refractivity contribution in [2.24, 2.45) is 5.92 Å². The first-order valence-electron chi connectivity index (χ1n) is 9.69. The minimum atomic E-state index is -0.178. The van der Waals surface area contributed by atoms with Gasteiger partial charge in [-0.1, -0.05) is 19.1 Å². The van der Waals surface area contributed by atoms with E-state index in [4.69, 9.17) is 0 Å². The smallest absolute Gasteiger partial charge is 0.314 e. The molecule has 0 radical (unpaired) electrons. The Labute approximate surface area is 159 Å². The lowest BCUT2D eigenvalue weighted by atomic mass is 10.1. The molecule has 0 bridgehead atoms. The molecule has 2 heterocycles. The highest BCUT2D eigenvalue weighted by molar-refractivity contribution is 5.97. The molecule has 0 aliphatic carbocycles. The molecule has 1 aliphatic heterocycles. The number of rotatable bonds is 6. The van der Waals surface area contributed by atoms with Crippen LogP contribution in [-0.4, -0.2) is 58.0 Å². The Morgan fingerprint density at radius 1 is 1.15 bits per heavy atom. The molecule has 2 aromatic rings. The van der Waals surface area contributed by atoms with E-state index in [1.807, 2.05) is 30.9 Å². The highest BCUT2D eigenvalue weighted by Crippen LogP contribution is 2.17. The number of amides is 3. The average Bonchev–Trinajstić information content (AvgIpc) is 3.09. The second-order valence-corrected chi connectivity index (χ2v) is 7.40. The summed E-state index contributed by atoms with van der Waals surface area (Å²) in [5.74, 6) is 0.478. The molecule has 2 N–H and O–H groups in total. The molecule has 8 heteroatoms. The fraction of sp³-hybridized carbons (Fsp3) is 0.579. The van der Waals surface area contributed by atoms with Gasteiger partial charge in [0.1, 0.15) is 5.52 Å². The molecule has 1 aromatic carbocycles. The predicted molar refractivity (Wildman–Crippen MR) is 104 cm³/mol. The average molecular weight is 372 g/mol. The first-order chi connectivity index (χ1) is 13.0. The van der Waals surface area contributed by atoms with Crippen LogP contribution in [0.25, 0.3) is 11.0 Å². The van der Waals surface area contributed by atoms with E-state index in [0.29, 0.717) is 36.6 Å². The normalized spacial score (nSPS) is 14.6. The molecule has 27 heavy (non-hydrogen) atoms. The van der Waals surface area contributed by atoms with Gasteiger partial charge >= 0.3 is 6.03 Å². The van der Waals surface area contributed by atoms with Crippen molar-refractivity contribution >= 4 is 23.0 Å². The van der Waals surface area contributed by atoms with Gasteiger partial charge in [-0.15, -0.1) is 5.10 Å². The maximum Gasteiger partial charge on any atom is 0.314 e. The number of piperidine rings is 1. The monoisotopic (exact) mass is 372 g/mol. The zero-order chi connectivity index (χ0) is 19.2. The van der Waals surface area contributed by atoms with Gasteiger partial charge in [0, 0.05) is 31.7 Å². The van der Waals surface area contributed by atoms with E-state index in [2.05, 4.69) is 20.9 Å². The van der Waals surface area contributed by atoms with E-state index >= 15 is 0 Å². The number of aromatic nitrogens is 3. The Morgan fingerprint density at radius 3 is 2.67 bits per heavy atom. The molecule has 146 valence electrons. The lowest BCUT2D eigenvalue weighted by Gasteiger charge is -2.26. The third-order valence-electron chi connectivity index (χ3n) is 4.68. The molecule has 3 rings (SSSR count). The minimum Gasteiger partial charge on any atom is -0.339 e. The quantitative estimate of drug-likeness (QED) is 0.811. The van der Waals surface area contributed by atoms with Gasteiger partial charge in [-0.3, -0.25) is 4.79 Å². The number of hydrogen-bond donors (Lipinski definition) is 2. The second kappa shape index (κ2) is 8.83. The summed E-state index contributed by atoms with van der Waals surface area (Å²) >= 11 is 0. The molecule has 0 atom stereocenters. The highest BCUT2D eigenvalue weighted by atomic mass is 16.2. The molecule has 1 fully saturated rings. The van der Waals surface area contributed by atoms with Crippen molar-refractivity contribution in [3.8, 4) is 0 Å². The summed E-state index contributed by atoms with van der Waals surface area (Å²) in [6.07, 6.45) is 3.34. The van der Waals surface area contributed by atoms with Gasteiger partial charge in [0.05, 0.1) is 12.1 Å². The van der Waals surface area contributed by atoms with Crippen LogP contribution in [0.4, 0.5) is 4.79 Å². The lowest BCUT2D eigenvalue weighted by Crippen LogP contribution is -2.38. The summed E-state index contributed by atoms with van der Waals surface area (Å²) in [7, 11) is 0. The number of nitrogens with zero attached hydrogens (tertiary/aromatic N) is 4. The molecule has 0 saturated carbocycles. The molecule has 3 amide bonds. The summed E-state index contributed by atoms with van der Waals surface area (Å²) in [6, 6.07) is 5.34. The Kier molecular flexibility index (Phi) is 6.26. The van der Waals surface area contributed by atoms with Gasteiger partial charge < -0.3 is 15.5 Å². The Balaban J connectivity index is 1.58. The summed E-state index contributed by atoms with van der Waals surface area (Å²) in [4.78, 5) is 26.2. The second-order valence-electron chi connectivity index (χ2n) is 7.40. The number of fused-ring (bicyclic) bond motifs is 1. The zero-order valence-electron chi connectivity index (χ0n) is 16.1. The van der Waals surface area contributed by atoms with E-state index in [0.717, 1.165) is 31.4 Å². The number of urea groups is 1. The van der Waals surface area contributed by atoms with Crippen LogP contribution in [0.5, 0.6) is 0 Å². The molecule has 8 nitrogen and oxygen atoms in total. The largest absolute Gasteiger partial charge is 0.339 e. The number of hydrogen-bond acceptors (Lipinski definition) is 4. The van der Waals surface area contributed by atoms with E-state index in [1.165, 1.54) is 6.42 Å². The van der Waals surface area contributed by atoms with Crippen LogP contribution >= 0.6 is 0 Å². The van der Waals surface area contributed by atoms with Gasteiger partial charge in [-0.05, 0) is 43.4 Å². The van der Waals surface area contributed by atoms with E-state index < -0.39 is 0 Å². The maximum absolute atomic E-state index is 12.6. The fourth-order valence-electron chi connectivity index (χ4n) is 3.18. The van der Waals surface area contributed by atoms with Gasteiger partial charge in [-0.25, -0.2) is 9.48 Å². The zero-order valence-corrected chi connectivity index (χ0v) is 16.1. The topological polar surface area (TPSA) is 92.1 Å². The van der Waals surface area contributed by atoms with Crippen molar-refractivity contribution in [1.82, 2.24) is 30.5 Å². The molecule has 1 aliphatic rings. The Hall–Kier alpha value is -2.64. The Morgan fingerprint density at radius 2 is 1.93 bits per heavy atom. The van der Waals surface area contributed by atoms with Gasteiger partial charge in [0.2, 0.25) is 0 Å². The first-order valence-corrected chi connectivity index (χ1v) is 9.69. The van der Waals surface area contributed by atoms with Crippen molar-refractivity contribution in [3.63, 3.8) is 0 Å². The van der Waals surface area contributed by atoms with Crippen LogP contribution in [0, 0.1) is 5.92 Å². The minimum absolute atomic E-state index is 0.0645. The molecular weight excluding hydrogens is 344 g/mol. The fourth-order valence-corrected chi connectivity index (χ4v) is 3.18. The van der Waals surface area contributed by atoms with Crippen LogP contribution in [0.3, 0.4) is 0 Å². The van der Waals surface area contributed by atoms with Crippen LogP contribution < -0.4 is 10.6 Å². The van der Waals surface area contributed by atoms with Crippen LogP contribution in [-0.2, 0) is 6.54 Å². The standard InChI is InChI=1S/C19H28N6O2/c1-14(2)13-21-19(27)20-8-11-25-17-7-6-15(12-16(17)22-23-25)18(26)24-9-4-3-5-10-24/h6-7,12,14H,3-5,8-11,13H2,1-2H3,(H2,20,21,27). The molecule has 1 aromatic heterocycles. The molecular formula is C19H28N6O2. The van der Waals surface area contributed by atoms with Crippen LogP contribution in [0.15, 0.2) is 18.2 Å². The van der Waals surface area contributed by atoms with Crippen LogP contribution in [0.2, 0.25) is 0 Å². The first kappa shape index (κ1) is 19.1. The maximum atomic E-state index is 12.6. The SMILES string of the molecule is CC(C)CNC(=O)NCCn1nnc2cc(C(=O)N3CCCCC3)ccc21. The molecule has 0 unspecified atom stereocenters. The van der Waals surface area contributed by atoms with Crippen molar-refractivity contribution < 1.29 is 9.59 Å².